The molecule has 0 spiro atoms. The normalized spacial score (nSPS) is 33.2. The topological polar surface area (TPSA) is 92.7 Å². The highest BCUT2D eigenvalue weighted by molar-refractivity contribution is 5.85. The molecule has 10 atom stereocenters. The minimum absolute atomic E-state index is 0.0762. The van der Waals surface area contributed by atoms with Crippen molar-refractivity contribution in [2.75, 3.05) is 0 Å². The average molecular weight is 700 g/mol. The van der Waals surface area contributed by atoms with E-state index in [0.29, 0.717) is 23.2 Å². The van der Waals surface area contributed by atoms with Crippen LogP contribution in [0.2, 0.25) is 0 Å². The van der Waals surface area contributed by atoms with Gasteiger partial charge in [0.25, 0.3) is 0 Å². The summed E-state index contributed by atoms with van der Waals surface area (Å²) in [5, 5.41) is 12.2. The Labute approximate surface area is 306 Å². The summed E-state index contributed by atoms with van der Waals surface area (Å²) in [6.07, 6.45) is 25.8. The monoisotopic (exact) mass is 700 g/mol. The summed E-state index contributed by atoms with van der Waals surface area (Å²) in [7, 11) is 0. The summed E-state index contributed by atoms with van der Waals surface area (Å²) in [6.45, 7) is 14.7. The minimum Gasteiger partial charge on any atom is -0.481 e. The first-order valence-electron chi connectivity index (χ1n) is 21.6. The molecule has 4 aliphatic rings. The maximum Gasteiger partial charge on any atom is 0.328 e. The molecule has 0 aromatic carbocycles. The van der Waals surface area contributed by atoms with Gasteiger partial charge in [0, 0.05) is 12.8 Å². The fraction of sp³-hybridized carbons (Fsp3) is 0.932. The van der Waals surface area contributed by atoms with Gasteiger partial charge in [-0.25, -0.2) is 4.79 Å². The standard InChI is InChI=1S/C44H77NO5/c1-7-8-9-10-11-12-13-14-15-19-40(46)45-39(24-25-41(47)48)42(49)50-34-26-28-43(5)33(30-34)20-21-35-37-23-22-36(32(4)18-16-17-31(2)3)44(37,6)29-27-38(35)43/h31-39H,7-30H2,1-6H3,(H,45,46)(H,47,48)/t32-,33?,34?,35?,36-,37?,38?,39+,43+,44-/m1/s1. The van der Waals surface area contributed by atoms with E-state index < -0.39 is 18.0 Å². The summed E-state index contributed by atoms with van der Waals surface area (Å²) < 4.78 is 6.14. The number of carboxylic acid groups (broad SMARTS) is 1. The number of hydrogen-bond donors (Lipinski definition) is 2. The molecule has 0 aliphatic heterocycles. The van der Waals surface area contributed by atoms with Gasteiger partial charge in [0.1, 0.15) is 12.1 Å². The second-order valence-corrected chi connectivity index (χ2v) is 18.7. The number of unbranched alkanes of at least 4 members (excludes halogenated alkanes) is 8. The number of carbonyl (C=O) groups excluding carboxylic acids is 2. The van der Waals surface area contributed by atoms with Crippen LogP contribution >= 0.6 is 0 Å². The highest BCUT2D eigenvalue weighted by atomic mass is 16.5. The van der Waals surface area contributed by atoms with Crippen LogP contribution in [-0.2, 0) is 19.1 Å². The number of amides is 1. The molecule has 288 valence electrons. The van der Waals surface area contributed by atoms with Crippen molar-refractivity contribution in [3.05, 3.63) is 0 Å². The van der Waals surface area contributed by atoms with Gasteiger partial charge < -0.3 is 15.2 Å². The van der Waals surface area contributed by atoms with E-state index in [1.165, 1.54) is 96.3 Å². The second-order valence-electron chi connectivity index (χ2n) is 18.7. The summed E-state index contributed by atoms with van der Waals surface area (Å²) in [5.41, 5.74) is 0.804. The van der Waals surface area contributed by atoms with Crippen molar-refractivity contribution < 1.29 is 24.2 Å². The van der Waals surface area contributed by atoms with Gasteiger partial charge in [-0.05, 0) is 123 Å². The SMILES string of the molecule is CCCCCCCCCCCC(=O)N[C@@H](CCC(=O)O)C(=O)OC1CC[C@@]2(C)C(CCC3C2CC[C@@]2(C)C3CC[C@@H]2[C@H](C)CCCC(C)C)C1. The Morgan fingerprint density at radius 3 is 2.08 bits per heavy atom. The van der Waals surface area contributed by atoms with E-state index >= 15 is 0 Å². The largest absolute Gasteiger partial charge is 0.481 e. The fourth-order valence-electron chi connectivity index (χ4n) is 12.0. The van der Waals surface area contributed by atoms with Gasteiger partial charge in [-0.1, -0.05) is 112 Å². The zero-order chi connectivity index (χ0) is 36.3. The molecule has 0 heterocycles. The number of aliphatic carboxylic acids is 1. The van der Waals surface area contributed by atoms with Gasteiger partial charge in [-0.15, -0.1) is 0 Å². The van der Waals surface area contributed by atoms with Crippen molar-refractivity contribution in [2.45, 2.75) is 208 Å². The van der Waals surface area contributed by atoms with Crippen LogP contribution < -0.4 is 5.32 Å². The first kappa shape index (κ1) is 41.2. The maximum absolute atomic E-state index is 13.5. The van der Waals surface area contributed by atoms with Crippen molar-refractivity contribution >= 4 is 17.8 Å². The molecule has 4 aliphatic carbocycles. The molecule has 6 heteroatoms. The molecule has 4 fully saturated rings. The third-order valence-corrected chi connectivity index (χ3v) is 14.9. The molecule has 0 saturated heterocycles. The molecular weight excluding hydrogens is 622 g/mol. The zero-order valence-electron chi connectivity index (χ0n) is 33.2. The third-order valence-electron chi connectivity index (χ3n) is 14.9. The van der Waals surface area contributed by atoms with Crippen LogP contribution in [0.15, 0.2) is 0 Å². The Morgan fingerprint density at radius 2 is 1.40 bits per heavy atom. The predicted molar refractivity (Wildman–Crippen MR) is 204 cm³/mol. The van der Waals surface area contributed by atoms with Gasteiger partial charge in [-0.3, -0.25) is 9.59 Å². The van der Waals surface area contributed by atoms with Crippen LogP contribution in [0.4, 0.5) is 0 Å². The quantitative estimate of drug-likeness (QED) is 0.0919. The highest BCUT2D eigenvalue weighted by Crippen LogP contribution is 2.68. The Morgan fingerprint density at radius 1 is 0.740 bits per heavy atom. The van der Waals surface area contributed by atoms with Crippen molar-refractivity contribution in [2.24, 2.45) is 52.3 Å². The maximum atomic E-state index is 13.5. The second kappa shape index (κ2) is 19.5. The summed E-state index contributed by atoms with van der Waals surface area (Å²) in [5.74, 6) is 3.97. The van der Waals surface area contributed by atoms with Crippen LogP contribution in [0.3, 0.4) is 0 Å². The lowest BCUT2D eigenvalue weighted by Crippen LogP contribution is -2.54. The first-order valence-corrected chi connectivity index (χ1v) is 21.6. The van der Waals surface area contributed by atoms with Crippen molar-refractivity contribution in [1.29, 1.82) is 0 Å². The van der Waals surface area contributed by atoms with E-state index in [-0.39, 0.29) is 24.9 Å². The fourth-order valence-corrected chi connectivity index (χ4v) is 12.0. The van der Waals surface area contributed by atoms with Crippen LogP contribution in [0.5, 0.6) is 0 Å². The molecule has 6 nitrogen and oxygen atoms in total. The number of nitrogens with one attached hydrogen (secondary N) is 1. The van der Waals surface area contributed by atoms with E-state index in [1.54, 1.807) is 0 Å². The van der Waals surface area contributed by atoms with Gasteiger partial charge in [0.05, 0.1) is 0 Å². The molecule has 0 radical (unpaired) electrons. The molecule has 4 rings (SSSR count). The Hall–Kier alpha value is -1.59. The van der Waals surface area contributed by atoms with Crippen molar-refractivity contribution in [3.63, 3.8) is 0 Å². The Balaban J connectivity index is 1.26. The van der Waals surface area contributed by atoms with Crippen molar-refractivity contribution in [1.82, 2.24) is 5.32 Å². The lowest BCUT2D eigenvalue weighted by atomic mass is 9.44. The smallest absolute Gasteiger partial charge is 0.328 e. The first-order chi connectivity index (χ1) is 23.9. The van der Waals surface area contributed by atoms with E-state index in [0.717, 1.165) is 74.0 Å². The molecule has 0 aromatic heterocycles. The zero-order valence-corrected chi connectivity index (χ0v) is 33.2. The lowest BCUT2D eigenvalue weighted by Gasteiger charge is -2.61. The summed E-state index contributed by atoms with van der Waals surface area (Å²) in [4.78, 5) is 37.7. The van der Waals surface area contributed by atoms with E-state index in [1.807, 2.05) is 0 Å². The van der Waals surface area contributed by atoms with Gasteiger partial charge in [0.15, 0.2) is 0 Å². The van der Waals surface area contributed by atoms with Crippen LogP contribution in [0.25, 0.3) is 0 Å². The Kier molecular flexibility index (Phi) is 16.0. The average Bonchev–Trinajstić information content (AvgIpc) is 3.43. The molecule has 50 heavy (non-hydrogen) atoms. The molecule has 0 bridgehead atoms. The van der Waals surface area contributed by atoms with E-state index in [9.17, 15) is 19.5 Å². The third kappa shape index (κ3) is 10.7. The summed E-state index contributed by atoms with van der Waals surface area (Å²) >= 11 is 0. The molecular formula is C44H77NO5. The lowest BCUT2D eigenvalue weighted by molar-refractivity contribution is -0.165. The number of hydrogen-bond acceptors (Lipinski definition) is 4. The van der Waals surface area contributed by atoms with Gasteiger partial charge in [0.2, 0.25) is 5.91 Å². The van der Waals surface area contributed by atoms with Gasteiger partial charge in [-0.2, -0.15) is 0 Å². The predicted octanol–water partition coefficient (Wildman–Crippen LogP) is 11.3. The molecule has 5 unspecified atom stereocenters. The summed E-state index contributed by atoms with van der Waals surface area (Å²) in [6, 6.07) is -0.889. The minimum atomic E-state index is -0.959. The molecule has 1 amide bonds. The molecule has 2 N–H and O–H groups in total. The number of ether oxygens (including phenoxy) is 1. The molecule has 0 aromatic rings. The van der Waals surface area contributed by atoms with Crippen LogP contribution in [0, 0.1) is 52.3 Å². The molecule has 4 saturated carbocycles. The van der Waals surface area contributed by atoms with Crippen molar-refractivity contribution in [3.8, 4) is 0 Å². The Bertz CT molecular complexity index is 1070. The highest BCUT2D eigenvalue weighted by Gasteiger charge is 2.60. The van der Waals surface area contributed by atoms with Gasteiger partial charge >= 0.3 is 11.9 Å². The number of carbonyl (C=O) groups is 3. The number of carboxylic acids is 1. The number of esters is 1. The number of fused-ring (bicyclic) bond motifs is 5. The van der Waals surface area contributed by atoms with E-state index in [2.05, 4.69) is 46.9 Å². The van der Waals surface area contributed by atoms with Crippen LogP contribution in [-0.4, -0.2) is 35.1 Å². The van der Waals surface area contributed by atoms with Crippen LogP contribution in [0.1, 0.15) is 196 Å². The van der Waals surface area contributed by atoms with E-state index in [4.69, 9.17) is 4.74 Å². The number of rotatable bonds is 21.